The number of aromatic nitrogens is 2. The Morgan fingerprint density at radius 3 is 2.74 bits per heavy atom. The van der Waals surface area contributed by atoms with E-state index in [1.54, 1.807) is 18.7 Å². The first kappa shape index (κ1) is 26.0. The Labute approximate surface area is 226 Å². The second-order valence-electron chi connectivity index (χ2n) is 8.62. The van der Waals surface area contributed by atoms with E-state index in [0.717, 1.165) is 17.2 Å². The molecule has 1 saturated heterocycles. The quantitative estimate of drug-likeness (QED) is 0.100. The van der Waals surface area contributed by atoms with Crippen LogP contribution >= 0.6 is 23.5 Å². The SMILES string of the molecule is C[C@@H](O)[C@H]1C(=O)N2C(C(=O)OCc3ccc([N+](=O)[O-])cc3)=C(SC3Cc4c[n+](C)cn4C3)S[C@H]12.[I-]. The van der Waals surface area contributed by atoms with Crippen LogP contribution in [0.5, 0.6) is 0 Å². The largest absolute Gasteiger partial charge is 1.00 e. The summed E-state index contributed by atoms with van der Waals surface area (Å²) in [5, 5.41) is 20.8. The molecule has 1 fully saturated rings. The molecule has 1 aromatic heterocycles. The minimum absolute atomic E-state index is 0. The van der Waals surface area contributed by atoms with Crippen LogP contribution in [0.3, 0.4) is 0 Å². The van der Waals surface area contributed by atoms with Gasteiger partial charge in [0.05, 0.1) is 33.5 Å². The van der Waals surface area contributed by atoms with Gasteiger partial charge in [0.1, 0.15) is 30.4 Å². The molecule has 0 radical (unpaired) electrons. The zero-order valence-electron chi connectivity index (χ0n) is 18.9. The Bertz CT molecular complexity index is 1190. The van der Waals surface area contributed by atoms with Crippen molar-refractivity contribution in [2.24, 2.45) is 13.0 Å². The molecular formula is C22H23IN4O6S2. The lowest BCUT2D eigenvalue weighted by Crippen LogP contribution is -3.00. The molecule has 1 amide bonds. The fraction of sp³-hybridized carbons (Fsp3) is 0.409. The number of fused-ring (bicyclic) bond motifs is 2. The number of benzene rings is 1. The van der Waals surface area contributed by atoms with Crippen molar-refractivity contribution in [2.45, 2.75) is 43.2 Å². The number of halogens is 1. The number of ether oxygens (including phenoxy) is 1. The molecule has 0 saturated carbocycles. The number of nitro benzene ring substituents is 1. The van der Waals surface area contributed by atoms with E-state index in [0.29, 0.717) is 5.56 Å². The molecule has 0 spiro atoms. The van der Waals surface area contributed by atoms with E-state index in [4.69, 9.17) is 4.74 Å². The fourth-order valence-electron chi connectivity index (χ4n) is 4.47. The summed E-state index contributed by atoms with van der Waals surface area (Å²) in [7, 11) is 1.98. The van der Waals surface area contributed by atoms with Gasteiger partial charge in [-0.3, -0.25) is 19.8 Å². The minimum atomic E-state index is -0.810. The molecule has 0 bridgehead atoms. The van der Waals surface area contributed by atoms with Crippen LogP contribution in [0.2, 0.25) is 0 Å². The number of nitro groups is 1. The topological polar surface area (TPSA) is 119 Å². The molecule has 2 aromatic rings. The summed E-state index contributed by atoms with van der Waals surface area (Å²) in [5.74, 6) is -1.45. The number of hydrogen-bond donors (Lipinski definition) is 1. The number of esters is 1. The number of carbonyl (C=O) groups is 2. The standard InChI is InChI=1S/C22H23N4O6S2.HI/c1-12(27)17-19(28)25-18(21(29)32-10-13-3-5-14(6-4-13)26(30)31)22(34-20(17)25)33-16-7-15-8-23(2)11-24(15)9-16;/h3-6,8,11-12,16-17,20,27H,7,9-10H2,1-2H3;1H/q+1;/p-1/t12-,16?,17+,20-;/m1./s1. The minimum Gasteiger partial charge on any atom is -1.00 e. The Morgan fingerprint density at radius 1 is 1.40 bits per heavy atom. The van der Waals surface area contributed by atoms with E-state index in [9.17, 15) is 24.8 Å². The number of aliphatic hydroxyl groups excluding tert-OH is 1. The number of β-lactam (4-membered cyclic amide) rings is 1. The molecule has 35 heavy (non-hydrogen) atoms. The molecule has 186 valence electrons. The third kappa shape index (κ3) is 4.82. The van der Waals surface area contributed by atoms with Crippen LogP contribution in [0.25, 0.3) is 0 Å². The van der Waals surface area contributed by atoms with Crippen molar-refractivity contribution < 1.29 is 52.9 Å². The number of thioether (sulfide) groups is 2. The highest BCUT2D eigenvalue weighted by Crippen LogP contribution is 2.55. The van der Waals surface area contributed by atoms with Crippen molar-refractivity contribution in [3.05, 3.63) is 68.1 Å². The van der Waals surface area contributed by atoms with Crippen LogP contribution in [0.4, 0.5) is 5.69 Å². The Balaban J connectivity index is 0.00000289. The molecule has 3 aliphatic heterocycles. The van der Waals surface area contributed by atoms with Crippen LogP contribution in [0.15, 0.2) is 46.7 Å². The lowest BCUT2D eigenvalue weighted by molar-refractivity contribution is -0.671. The molecule has 1 unspecified atom stereocenters. The second-order valence-corrected chi connectivity index (χ2v) is 11.3. The number of aliphatic hydroxyl groups is 1. The number of amides is 1. The summed E-state index contributed by atoms with van der Waals surface area (Å²) in [6.45, 7) is 2.32. The van der Waals surface area contributed by atoms with Gasteiger partial charge in [-0.2, -0.15) is 0 Å². The van der Waals surface area contributed by atoms with Crippen molar-refractivity contribution in [2.75, 3.05) is 0 Å². The maximum Gasteiger partial charge on any atom is 0.357 e. The van der Waals surface area contributed by atoms with Crippen LogP contribution in [-0.4, -0.2) is 48.1 Å². The van der Waals surface area contributed by atoms with Gasteiger partial charge in [-0.25, -0.2) is 13.9 Å². The van der Waals surface area contributed by atoms with Gasteiger partial charge < -0.3 is 33.8 Å². The number of hydrogen-bond acceptors (Lipinski definition) is 8. The Morgan fingerprint density at radius 2 is 2.11 bits per heavy atom. The number of imidazole rings is 1. The van der Waals surface area contributed by atoms with Crippen molar-refractivity contribution in [3.63, 3.8) is 0 Å². The van der Waals surface area contributed by atoms with Gasteiger partial charge >= 0.3 is 5.97 Å². The molecule has 10 nitrogen and oxygen atoms in total. The molecule has 3 aliphatic rings. The average Bonchev–Trinajstić information content (AvgIpc) is 3.41. The molecule has 1 aromatic carbocycles. The number of aryl methyl sites for hydroxylation is 1. The monoisotopic (exact) mass is 630 g/mol. The molecule has 4 atom stereocenters. The van der Waals surface area contributed by atoms with Crippen LogP contribution < -0.4 is 28.5 Å². The van der Waals surface area contributed by atoms with Crippen molar-refractivity contribution in [3.8, 4) is 0 Å². The summed E-state index contributed by atoms with van der Waals surface area (Å²) in [5.41, 5.74) is 2.01. The second kappa shape index (κ2) is 10.1. The van der Waals surface area contributed by atoms with E-state index >= 15 is 0 Å². The van der Waals surface area contributed by atoms with Gasteiger partial charge in [0.15, 0.2) is 5.70 Å². The lowest BCUT2D eigenvalue weighted by atomic mass is 9.92. The molecule has 4 heterocycles. The van der Waals surface area contributed by atoms with Gasteiger partial charge in [-0.1, -0.05) is 11.8 Å². The van der Waals surface area contributed by atoms with Crippen molar-refractivity contribution >= 4 is 41.1 Å². The van der Waals surface area contributed by atoms with E-state index < -0.39 is 22.9 Å². The number of nitrogens with zero attached hydrogens (tertiary/aromatic N) is 4. The summed E-state index contributed by atoms with van der Waals surface area (Å²) in [6.07, 6.45) is 4.15. The van der Waals surface area contributed by atoms with Gasteiger partial charge in [-0.15, -0.1) is 11.8 Å². The number of rotatable bonds is 7. The first-order valence-electron chi connectivity index (χ1n) is 10.8. The smallest absolute Gasteiger partial charge is 0.357 e. The summed E-state index contributed by atoms with van der Waals surface area (Å²) < 4.78 is 10.4. The zero-order valence-corrected chi connectivity index (χ0v) is 22.7. The van der Waals surface area contributed by atoms with Crippen molar-refractivity contribution in [1.82, 2.24) is 9.47 Å². The van der Waals surface area contributed by atoms with Gasteiger partial charge in [0, 0.05) is 18.6 Å². The highest BCUT2D eigenvalue weighted by atomic mass is 127. The number of carbonyl (C=O) groups excluding carboxylic acids is 2. The van der Waals surface area contributed by atoms with E-state index in [1.807, 2.05) is 17.9 Å². The average molecular weight is 630 g/mol. The van der Waals surface area contributed by atoms with Crippen LogP contribution in [0, 0.1) is 16.0 Å². The highest BCUT2D eigenvalue weighted by Gasteiger charge is 2.58. The molecule has 5 rings (SSSR count). The number of non-ortho nitro benzene ring substituents is 1. The first-order valence-corrected chi connectivity index (χ1v) is 12.5. The van der Waals surface area contributed by atoms with E-state index in [2.05, 4.69) is 10.8 Å². The maximum absolute atomic E-state index is 13.1. The maximum atomic E-state index is 13.1. The lowest BCUT2D eigenvalue weighted by Gasteiger charge is -2.43. The zero-order chi connectivity index (χ0) is 24.1. The third-order valence-corrected chi connectivity index (χ3v) is 8.92. The van der Waals surface area contributed by atoms with Crippen LogP contribution in [0.1, 0.15) is 18.2 Å². The van der Waals surface area contributed by atoms with Crippen LogP contribution in [-0.2, 0) is 40.9 Å². The Kier molecular flexibility index (Phi) is 7.50. The highest BCUT2D eigenvalue weighted by molar-refractivity contribution is 8.23. The van der Waals surface area contributed by atoms with Crippen molar-refractivity contribution in [1.29, 1.82) is 0 Å². The summed E-state index contributed by atoms with van der Waals surface area (Å²) >= 11 is 3.00. The predicted molar refractivity (Wildman–Crippen MR) is 124 cm³/mol. The molecule has 13 heteroatoms. The van der Waals surface area contributed by atoms with Gasteiger partial charge in [-0.05, 0) is 24.6 Å². The molecular weight excluding hydrogens is 607 g/mol. The summed E-state index contributed by atoms with van der Waals surface area (Å²) in [4.78, 5) is 37.7. The predicted octanol–water partition coefficient (Wildman–Crippen LogP) is -1.29. The fourth-order valence-corrected chi connectivity index (χ4v) is 7.80. The summed E-state index contributed by atoms with van der Waals surface area (Å²) in [6, 6.07) is 5.78. The molecule has 1 N–H and O–H groups in total. The van der Waals surface area contributed by atoms with E-state index in [1.165, 1.54) is 46.6 Å². The van der Waals surface area contributed by atoms with Gasteiger partial charge in [0.2, 0.25) is 12.2 Å². The molecule has 0 aliphatic carbocycles. The van der Waals surface area contributed by atoms with Gasteiger partial charge in [0.25, 0.3) is 5.69 Å². The van der Waals surface area contributed by atoms with E-state index in [-0.39, 0.29) is 58.5 Å². The third-order valence-electron chi connectivity index (χ3n) is 6.13. The Hall–Kier alpha value is -2.10. The first-order chi connectivity index (χ1) is 16.2. The normalized spacial score (nSPS) is 23.3.